The van der Waals surface area contributed by atoms with E-state index < -0.39 is 23.6 Å². The molecule has 2 aliphatic rings. The maximum absolute atomic E-state index is 12.7. The van der Waals surface area contributed by atoms with Crippen LogP contribution in [-0.2, 0) is 11.0 Å². The fraction of sp³-hybridized carbons (Fsp3) is 0.778. The van der Waals surface area contributed by atoms with E-state index in [1.54, 1.807) is 4.31 Å². The Morgan fingerprint density at radius 3 is 2.69 bits per heavy atom. The number of hydrogen-bond acceptors (Lipinski definition) is 3. The lowest BCUT2D eigenvalue weighted by atomic mass is 9.99. The zero-order valence-electron chi connectivity index (χ0n) is 15.4. The summed E-state index contributed by atoms with van der Waals surface area (Å²) in [4.78, 5) is 2.09. The van der Waals surface area contributed by atoms with Crippen LogP contribution in [0, 0.1) is 17.8 Å². The van der Waals surface area contributed by atoms with Crippen LogP contribution in [0.2, 0.25) is 0 Å². The zero-order valence-corrected chi connectivity index (χ0v) is 16.3. The van der Waals surface area contributed by atoms with E-state index in [9.17, 15) is 17.4 Å². The van der Waals surface area contributed by atoms with Crippen molar-refractivity contribution in [3.05, 3.63) is 11.8 Å². The van der Waals surface area contributed by atoms with Gasteiger partial charge in [-0.3, -0.25) is 4.31 Å². The molecule has 1 N–H and O–H groups in total. The van der Waals surface area contributed by atoms with Gasteiger partial charge < -0.3 is 10.2 Å². The van der Waals surface area contributed by atoms with Gasteiger partial charge in [-0.1, -0.05) is 11.8 Å². The van der Waals surface area contributed by atoms with Gasteiger partial charge in [0.15, 0.2) is 0 Å². The maximum Gasteiger partial charge on any atom is 0.389 e. The molecule has 2 aliphatic heterocycles. The first-order valence-corrected chi connectivity index (χ1v) is 10.4. The molecule has 0 aromatic heterocycles. The molecule has 26 heavy (non-hydrogen) atoms. The molecule has 0 aromatic rings. The van der Waals surface area contributed by atoms with Gasteiger partial charge in [0, 0.05) is 30.0 Å². The van der Waals surface area contributed by atoms with Gasteiger partial charge in [-0.2, -0.15) is 13.2 Å². The number of nitrogens with zero attached hydrogens (tertiary/aromatic N) is 2. The Kier molecular flexibility index (Phi) is 7.99. The number of likely N-dealkylation sites (tertiary alicyclic amines) is 1. The Bertz CT molecular complexity index is 574. The van der Waals surface area contributed by atoms with Gasteiger partial charge in [-0.25, -0.2) is 4.21 Å². The lowest BCUT2D eigenvalue weighted by Crippen LogP contribution is -2.38. The molecule has 2 heterocycles. The van der Waals surface area contributed by atoms with Crippen LogP contribution in [0.3, 0.4) is 0 Å². The van der Waals surface area contributed by atoms with Crippen LogP contribution in [-0.4, -0.2) is 64.6 Å². The predicted octanol–water partition coefficient (Wildman–Crippen LogP) is 2.52. The molecule has 4 nitrogen and oxygen atoms in total. The fourth-order valence-corrected chi connectivity index (χ4v) is 4.50. The number of alkyl halides is 3. The molecule has 1 fully saturated rings. The summed E-state index contributed by atoms with van der Waals surface area (Å²) in [5.74, 6) is 7.06. The van der Waals surface area contributed by atoms with Gasteiger partial charge in [0.05, 0.1) is 6.54 Å². The molecular weight excluding hydrogens is 363 g/mol. The Morgan fingerprint density at radius 2 is 2.08 bits per heavy atom. The highest BCUT2D eigenvalue weighted by Gasteiger charge is 2.28. The number of rotatable bonds is 8. The minimum atomic E-state index is -4.07. The van der Waals surface area contributed by atoms with Crippen molar-refractivity contribution in [2.45, 2.75) is 44.8 Å². The van der Waals surface area contributed by atoms with E-state index in [0.717, 1.165) is 31.5 Å². The summed E-state index contributed by atoms with van der Waals surface area (Å²) < 4.78 is 51.1. The van der Waals surface area contributed by atoms with Gasteiger partial charge in [-0.05, 0) is 58.8 Å². The molecule has 0 bridgehead atoms. The smallest absolute Gasteiger partial charge is 0.313 e. The summed E-state index contributed by atoms with van der Waals surface area (Å²) in [6.07, 6.45) is -0.957. The molecule has 0 spiro atoms. The van der Waals surface area contributed by atoms with E-state index in [-0.39, 0.29) is 12.5 Å². The lowest BCUT2D eigenvalue weighted by Gasteiger charge is -2.32. The fourth-order valence-electron chi connectivity index (χ4n) is 3.14. The minimum Gasteiger partial charge on any atom is -0.313 e. The van der Waals surface area contributed by atoms with E-state index in [1.165, 1.54) is 0 Å². The van der Waals surface area contributed by atoms with Crippen molar-refractivity contribution in [3.63, 3.8) is 0 Å². The topological polar surface area (TPSA) is 35.6 Å². The van der Waals surface area contributed by atoms with Crippen LogP contribution in [0.5, 0.6) is 0 Å². The summed E-state index contributed by atoms with van der Waals surface area (Å²) in [6, 6.07) is 0.127. The summed E-state index contributed by atoms with van der Waals surface area (Å²) >= 11 is 0. The Hall–Kier alpha value is -1.04. The molecule has 2 rings (SSSR count). The Morgan fingerprint density at radius 1 is 1.38 bits per heavy atom. The summed E-state index contributed by atoms with van der Waals surface area (Å²) in [5.41, 5.74) is 0.937. The minimum absolute atomic E-state index is 0.127. The third kappa shape index (κ3) is 6.93. The largest absolute Gasteiger partial charge is 0.389 e. The molecule has 2 unspecified atom stereocenters. The van der Waals surface area contributed by atoms with E-state index in [4.69, 9.17) is 0 Å². The van der Waals surface area contributed by atoms with Crippen LogP contribution in [0.25, 0.3) is 0 Å². The van der Waals surface area contributed by atoms with Gasteiger partial charge in [0.2, 0.25) is 0 Å². The van der Waals surface area contributed by atoms with E-state index >= 15 is 0 Å². The molecule has 0 aromatic carbocycles. The monoisotopic (exact) mass is 391 g/mol. The van der Waals surface area contributed by atoms with Crippen LogP contribution >= 0.6 is 0 Å². The van der Waals surface area contributed by atoms with Gasteiger partial charge in [0.25, 0.3) is 0 Å². The number of halogens is 3. The average Bonchev–Trinajstić information content (AvgIpc) is 2.61. The maximum atomic E-state index is 12.7. The number of piperidine rings is 1. The van der Waals surface area contributed by atoms with Crippen molar-refractivity contribution >= 4 is 11.0 Å². The molecule has 0 saturated carbocycles. The molecular formula is C18H28F3N3OS. The first-order chi connectivity index (χ1) is 12.3. The highest BCUT2D eigenvalue weighted by atomic mass is 32.2. The first kappa shape index (κ1) is 21.3. The normalized spacial score (nSPS) is 21.7. The standard InChI is InChI=1S/C18H28F3N3OS/c1-15(22-2)17-5-3-10-24(13-17)26(25)14-16-6-11-23(12-7-16)9-4-8-18(19,20)21/h13,15-16,22H,4,6-12,14H2,1-2H3. The SMILES string of the molecule is CNC(C)C1=CN(S(=O)CC2CCN(CCCC(F)(F)F)CC2)CC#C1. The molecule has 8 heteroatoms. The third-order valence-electron chi connectivity index (χ3n) is 4.93. The van der Waals surface area contributed by atoms with Crippen molar-refractivity contribution in [2.24, 2.45) is 5.92 Å². The lowest BCUT2D eigenvalue weighted by molar-refractivity contribution is -0.136. The molecule has 1 saturated heterocycles. The number of nitrogens with one attached hydrogen (secondary N) is 1. The Labute approximate surface area is 156 Å². The second-order valence-electron chi connectivity index (χ2n) is 6.96. The predicted molar refractivity (Wildman–Crippen MR) is 98.5 cm³/mol. The molecule has 0 amide bonds. The van der Waals surface area contributed by atoms with E-state index in [1.807, 2.05) is 20.2 Å². The summed E-state index contributed by atoms with van der Waals surface area (Å²) in [5, 5.41) is 3.13. The van der Waals surface area contributed by atoms with Crippen molar-refractivity contribution in [1.29, 1.82) is 0 Å². The second-order valence-corrected chi connectivity index (χ2v) is 8.41. The van der Waals surface area contributed by atoms with E-state index in [0.29, 0.717) is 24.8 Å². The molecule has 148 valence electrons. The van der Waals surface area contributed by atoms with Gasteiger partial charge in [-0.15, -0.1) is 0 Å². The highest BCUT2D eigenvalue weighted by Crippen LogP contribution is 2.24. The van der Waals surface area contributed by atoms with Crippen molar-refractivity contribution < 1.29 is 17.4 Å². The van der Waals surface area contributed by atoms with Crippen molar-refractivity contribution in [3.8, 4) is 11.8 Å². The third-order valence-corrected chi connectivity index (χ3v) is 6.45. The molecule has 2 atom stereocenters. The average molecular weight is 392 g/mol. The van der Waals surface area contributed by atoms with Crippen molar-refractivity contribution in [2.75, 3.05) is 39.0 Å². The second kappa shape index (κ2) is 9.77. The van der Waals surface area contributed by atoms with Gasteiger partial charge in [0.1, 0.15) is 11.0 Å². The quantitative estimate of drug-likeness (QED) is 0.646. The number of hydrogen-bond donors (Lipinski definition) is 1. The zero-order chi connectivity index (χ0) is 19.2. The highest BCUT2D eigenvalue weighted by molar-refractivity contribution is 7.82. The first-order valence-electron chi connectivity index (χ1n) is 9.10. The van der Waals surface area contributed by atoms with Gasteiger partial charge >= 0.3 is 6.18 Å². The summed E-state index contributed by atoms with van der Waals surface area (Å²) in [6.45, 7) is 4.56. The van der Waals surface area contributed by atoms with Crippen LogP contribution in [0.15, 0.2) is 11.8 Å². The van der Waals surface area contributed by atoms with E-state index in [2.05, 4.69) is 22.1 Å². The van der Waals surface area contributed by atoms with Crippen LogP contribution < -0.4 is 5.32 Å². The molecule has 0 aliphatic carbocycles. The Balaban J connectivity index is 1.73. The van der Waals surface area contributed by atoms with Crippen molar-refractivity contribution in [1.82, 2.24) is 14.5 Å². The molecule has 0 radical (unpaired) electrons. The van der Waals surface area contributed by atoms with Crippen LogP contribution in [0.4, 0.5) is 13.2 Å². The van der Waals surface area contributed by atoms with Crippen LogP contribution in [0.1, 0.15) is 32.6 Å². The number of likely N-dealkylation sites (N-methyl/N-ethyl adjacent to an activating group) is 1. The summed E-state index contributed by atoms with van der Waals surface area (Å²) in [7, 11) is 0.754.